The van der Waals surface area contributed by atoms with Crippen molar-refractivity contribution in [3.05, 3.63) is 38.4 Å². The van der Waals surface area contributed by atoms with E-state index >= 15 is 0 Å². The smallest absolute Gasteiger partial charge is 0.195 e. The van der Waals surface area contributed by atoms with Crippen LogP contribution < -0.4 is 0 Å². The molecule has 2 nitrogen and oxygen atoms in total. The Balaban J connectivity index is 2.64. The van der Waals surface area contributed by atoms with E-state index in [1.165, 1.54) is 0 Å². The van der Waals surface area contributed by atoms with E-state index in [0.717, 1.165) is 23.5 Å². The molecule has 0 atom stereocenters. The van der Waals surface area contributed by atoms with Crippen LogP contribution in [0.5, 0.6) is 0 Å². The van der Waals surface area contributed by atoms with Crippen LogP contribution in [0.1, 0.15) is 4.88 Å². The van der Waals surface area contributed by atoms with Gasteiger partial charge in [-0.25, -0.2) is 18.2 Å². The zero-order valence-corrected chi connectivity index (χ0v) is 10.6. The highest BCUT2D eigenvalue weighted by Crippen LogP contribution is 2.33. The molecule has 1 heterocycles. The van der Waals surface area contributed by atoms with Crippen LogP contribution >= 0.6 is 27.3 Å². The molecule has 0 saturated heterocycles. The number of halogens is 4. The van der Waals surface area contributed by atoms with Crippen LogP contribution in [0.2, 0.25) is 0 Å². The largest absolute Gasteiger partial charge is 0.391 e. The van der Waals surface area contributed by atoms with Crippen molar-refractivity contribution in [3.8, 4) is 11.3 Å². The molecule has 0 aliphatic rings. The quantitative estimate of drug-likeness (QED) is 0.858. The Morgan fingerprint density at radius 3 is 2.59 bits per heavy atom. The van der Waals surface area contributed by atoms with Crippen molar-refractivity contribution >= 4 is 27.3 Å². The summed E-state index contributed by atoms with van der Waals surface area (Å²) in [6.45, 7) is -0.350. The van der Waals surface area contributed by atoms with Gasteiger partial charge in [0, 0.05) is 5.56 Å². The molecule has 1 aromatic heterocycles. The van der Waals surface area contributed by atoms with E-state index in [4.69, 9.17) is 5.11 Å². The summed E-state index contributed by atoms with van der Waals surface area (Å²) >= 11 is 4.19. The molecule has 2 aromatic rings. The minimum atomic E-state index is -1.55. The summed E-state index contributed by atoms with van der Waals surface area (Å²) in [5, 5.41) is 9.07. The molecule has 17 heavy (non-hydrogen) atoms. The zero-order valence-electron chi connectivity index (χ0n) is 8.18. The Kier molecular flexibility index (Phi) is 3.50. The van der Waals surface area contributed by atoms with E-state index < -0.39 is 17.5 Å². The third kappa shape index (κ3) is 2.22. The summed E-state index contributed by atoms with van der Waals surface area (Å²) in [6.07, 6.45) is 0. The molecule has 90 valence electrons. The highest BCUT2D eigenvalue weighted by atomic mass is 79.9. The Labute approximate surface area is 107 Å². The zero-order chi connectivity index (χ0) is 12.6. The first-order valence-electron chi connectivity index (χ1n) is 4.44. The number of aliphatic hydroxyl groups excluding tert-OH is 1. The van der Waals surface area contributed by atoms with Crippen LogP contribution in [0.15, 0.2) is 16.0 Å². The lowest BCUT2D eigenvalue weighted by molar-refractivity contribution is 0.286. The standard InChI is InChI=1S/C10H5BrF3NOS/c11-10-15-9(6(3-16)17-10)4-1-2-5(12)8(14)7(4)13/h1-2,16H,3H2. The van der Waals surface area contributed by atoms with Crippen molar-refractivity contribution in [3.63, 3.8) is 0 Å². The summed E-state index contributed by atoms with van der Waals surface area (Å²) in [5.41, 5.74) is -0.0596. The van der Waals surface area contributed by atoms with Gasteiger partial charge in [-0.15, -0.1) is 11.3 Å². The van der Waals surface area contributed by atoms with Crippen LogP contribution in [-0.2, 0) is 6.61 Å². The number of hydrogen-bond donors (Lipinski definition) is 1. The summed E-state index contributed by atoms with van der Waals surface area (Å²) in [7, 11) is 0. The van der Waals surface area contributed by atoms with Gasteiger partial charge in [-0.3, -0.25) is 0 Å². The van der Waals surface area contributed by atoms with Crippen molar-refractivity contribution in [1.82, 2.24) is 4.98 Å². The van der Waals surface area contributed by atoms with Crippen LogP contribution in [0, 0.1) is 17.5 Å². The predicted molar refractivity (Wildman–Crippen MR) is 61.0 cm³/mol. The van der Waals surface area contributed by atoms with Gasteiger partial charge in [-0.2, -0.15) is 0 Å². The molecule has 0 amide bonds. The van der Waals surface area contributed by atoms with Crippen molar-refractivity contribution < 1.29 is 18.3 Å². The average Bonchev–Trinajstić information content (AvgIpc) is 2.67. The number of nitrogens with zero attached hydrogens (tertiary/aromatic N) is 1. The number of aromatic nitrogens is 1. The van der Waals surface area contributed by atoms with E-state index in [1.807, 2.05) is 0 Å². The molecule has 0 aliphatic carbocycles. The van der Waals surface area contributed by atoms with Gasteiger partial charge in [0.15, 0.2) is 21.4 Å². The lowest BCUT2D eigenvalue weighted by atomic mass is 10.1. The fourth-order valence-corrected chi connectivity index (χ4v) is 2.77. The first-order valence-corrected chi connectivity index (χ1v) is 6.05. The van der Waals surface area contributed by atoms with Gasteiger partial charge in [0.1, 0.15) is 0 Å². The van der Waals surface area contributed by atoms with Gasteiger partial charge in [0.2, 0.25) is 0 Å². The molecule has 0 radical (unpaired) electrons. The molecular formula is C10H5BrF3NOS. The summed E-state index contributed by atoms with van der Waals surface area (Å²) in [5.74, 6) is -4.11. The van der Waals surface area contributed by atoms with Crippen LogP contribution in [-0.4, -0.2) is 10.1 Å². The highest BCUT2D eigenvalue weighted by molar-refractivity contribution is 9.11. The van der Waals surface area contributed by atoms with Crippen molar-refractivity contribution in [1.29, 1.82) is 0 Å². The fraction of sp³-hybridized carbons (Fsp3) is 0.100. The van der Waals surface area contributed by atoms with Crippen molar-refractivity contribution in [2.75, 3.05) is 0 Å². The molecule has 0 spiro atoms. The number of aliphatic hydroxyl groups is 1. The lowest BCUT2D eigenvalue weighted by Gasteiger charge is -2.03. The maximum atomic E-state index is 13.5. The van der Waals surface area contributed by atoms with Gasteiger partial charge in [-0.1, -0.05) is 0 Å². The van der Waals surface area contributed by atoms with E-state index in [-0.39, 0.29) is 17.9 Å². The number of benzene rings is 1. The molecule has 0 saturated carbocycles. The maximum Gasteiger partial charge on any atom is 0.195 e. The minimum Gasteiger partial charge on any atom is -0.391 e. The normalized spacial score (nSPS) is 10.9. The maximum absolute atomic E-state index is 13.5. The molecule has 1 aromatic carbocycles. The highest BCUT2D eigenvalue weighted by Gasteiger charge is 2.19. The van der Waals surface area contributed by atoms with E-state index in [9.17, 15) is 13.2 Å². The second-order valence-electron chi connectivity index (χ2n) is 3.12. The SMILES string of the molecule is OCc1sc(Br)nc1-c1ccc(F)c(F)c1F. The first-order chi connectivity index (χ1) is 8.04. The molecule has 0 bridgehead atoms. The lowest BCUT2D eigenvalue weighted by Crippen LogP contribution is -1.96. The third-order valence-electron chi connectivity index (χ3n) is 2.11. The summed E-state index contributed by atoms with van der Waals surface area (Å²) < 4.78 is 39.8. The Morgan fingerprint density at radius 1 is 1.24 bits per heavy atom. The predicted octanol–water partition coefficient (Wildman–Crippen LogP) is 3.48. The number of rotatable bonds is 2. The topological polar surface area (TPSA) is 33.1 Å². The molecule has 0 unspecified atom stereocenters. The van der Waals surface area contributed by atoms with E-state index in [0.29, 0.717) is 8.79 Å². The number of hydrogen-bond acceptors (Lipinski definition) is 3. The van der Waals surface area contributed by atoms with Gasteiger partial charge in [0.25, 0.3) is 0 Å². The molecule has 0 aliphatic heterocycles. The third-order valence-corrected chi connectivity index (χ3v) is 3.60. The Morgan fingerprint density at radius 2 is 1.94 bits per heavy atom. The molecule has 7 heteroatoms. The fourth-order valence-electron chi connectivity index (χ4n) is 1.35. The molecule has 1 N–H and O–H groups in total. The second kappa shape index (κ2) is 4.75. The number of thiazole rings is 1. The van der Waals surface area contributed by atoms with Crippen LogP contribution in [0.4, 0.5) is 13.2 Å². The van der Waals surface area contributed by atoms with Crippen molar-refractivity contribution in [2.45, 2.75) is 6.61 Å². The second-order valence-corrected chi connectivity index (χ2v) is 5.48. The Hall–Kier alpha value is -0.920. The van der Waals surface area contributed by atoms with Gasteiger partial charge >= 0.3 is 0 Å². The minimum absolute atomic E-state index is 0.112. The average molecular weight is 324 g/mol. The van der Waals surface area contributed by atoms with Crippen molar-refractivity contribution in [2.24, 2.45) is 0 Å². The summed E-state index contributed by atoms with van der Waals surface area (Å²) in [6, 6.07) is 1.91. The summed E-state index contributed by atoms with van der Waals surface area (Å²) in [4.78, 5) is 4.31. The van der Waals surface area contributed by atoms with Crippen LogP contribution in [0.3, 0.4) is 0 Å². The van der Waals surface area contributed by atoms with Gasteiger partial charge < -0.3 is 5.11 Å². The monoisotopic (exact) mass is 323 g/mol. The van der Waals surface area contributed by atoms with Gasteiger partial charge in [-0.05, 0) is 28.1 Å². The van der Waals surface area contributed by atoms with E-state index in [1.54, 1.807) is 0 Å². The molecular weight excluding hydrogens is 319 g/mol. The molecule has 2 rings (SSSR count). The van der Waals surface area contributed by atoms with E-state index in [2.05, 4.69) is 20.9 Å². The Bertz CT molecular complexity index is 573. The molecule has 0 fully saturated rings. The van der Waals surface area contributed by atoms with Crippen LogP contribution in [0.25, 0.3) is 11.3 Å². The first kappa shape index (κ1) is 12.5. The van der Waals surface area contributed by atoms with Gasteiger partial charge in [0.05, 0.1) is 17.2 Å².